The van der Waals surface area contributed by atoms with Gasteiger partial charge in [-0.3, -0.25) is 0 Å². The van der Waals surface area contributed by atoms with E-state index < -0.39 is 5.41 Å². The highest BCUT2D eigenvalue weighted by molar-refractivity contribution is 9.10. The summed E-state index contributed by atoms with van der Waals surface area (Å²) in [6.07, 6.45) is 3.94. The molecule has 1 aliphatic rings. The van der Waals surface area contributed by atoms with Gasteiger partial charge >= 0.3 is 0 Å². The topological polar surface area (TPSA) is 23.8 Å². The molecule has 2 aromatic rings. The van der Waals surface area contributed by atoms with E-state index in [2.05, 4.69) is 66.4 Å². The Morgan fingerprint density at radius 3 is 2.38 bits per heavy atom. The summed E-state index contributed by atoms with van der Waals surface area (Å²) in [5.74, 6) is 0. The molecule has 118 valence electrons. The van der Waals surface area contributed by atoms with Crippen LogP contribution in [-0.4, -0.2) is 0 Å². The Balaban J connectivity index is 2.53. The van der Waals surface area contributed by atoms with Gasteiger partial charge in [0.25, 0.3) is 0 Å². The second kappa shape index (κ2) is 5.92. The Kier molecular flexibility index (Phi) is 4.07. The summed E-state index contributed by atoms with van der Waals surface area (Å²) in [5.41, 5.74) is 6.91. The van der Waals surface area contributed by atoms with Gasteiger partial charge in [-0.15, -0.1) is 0 Å². The zero-order valence-corrected chi connectivity index (χ0v) is 15.4. The van der Waals surface area contributed by atoms with Crippen molar-refractivity contribution >= 4 is 15.9 Å². The first kappa shape index (κ1) is 16.5. The van der Waals surface area contributed by atoms with E-state index in [9.17, 15) is 5.26 Å². The number of hydrogen-bond acceptors (Lipinski definition) is 1. The van der Waals surface area contributed by atoms with Crippen molar-refractivity contribution in [3.8, 4) is 17.2 Å². The van der Waals surface area contributed by atoms with Crippen molar-refractivity contribution in [2.24, 2.45) is 0 Å². The normalized spacial score (nSPS) is 18.5. The number of fused-ring (bicyclic) bond motifs is 3. The smallest absolute Gasteiger partial charge is 0.0991 e. The van der Waals surface area contributed by atoms with E-state index in [1.807, 2.05) is 31.2 Å². The molecule has 0 saturated carbocycles. The summed E-state index contributed by atoms with van der Waals surface area (Å²) < 4.78 is 1.03. The van der Waals surface area contributed by atoms with Crippen LogP contribution in [0, 0.1) is 11.3 Å². The molecule has 0 fully saturated rings. The van der Waals surface area contributed by atoms with Crippen LogP contribution in [0.5, 0.6) is 0 Å². The van der Waals surface area contributed by atoms with Gasteiger partial charge < -0.3 is 0 Å². The lowest BCUT2D eigenvalue weighted by Crippen LogP contribution is -2.28. The summed E-state index contributed by atoms with van der Waals surface area (Å²) in [5, 5.41) is 9.38. The van der Waals surface area contributed by atoms with Crippen LogP contribution in [-0.2, 0) is 5.41 Å². The standard InChI is InChI=1S/C22H18BrN/c1-5-14(3)22(15(4)6-2)20-11-16(13-24)7-9-18(20)19-10-8-17(23)12-21(19)22/h5-12H,1,3H2,2,4H3/b15-6+. The molecule has 2 heteroatoms. The van der Waals surface area contributed by atoms with E-state index in [-0.39, 0.29) is 0 Å². The first-order chi connectivity index (χ1) is 11.5. The maximum Gasteiger partial charge on any atom is 0.0991 e. The highest BCUT2D eigenvalue weighted by atomic mass is 79.9. The summed E-state index contributed by atoms with van der Waals surface area (Å²) in [6.45, 7) is 12.5. The number of halogens is 1. The van der Waals surface area contributed by atoms with Crippen LogP contribution in [0.2, 0.25) is 0 Å². The molecule has 2 aromatic carbocycles. The molecule has 0 radical (unpaired) electrons. The van der Waals surface area contributed by atoms with E-state index >= 15 is 0 Å². The lowest BCUT2D eigenvalue weighted by Gasteiger charge is -2.34. The molecule has 0 heterocycles. The van der Waals surface area contributed by atoms with E-state index in [1.165, 1.54) is 16.7 Å². The van der Waals surface area contributed by atoms with E-state index in [1.54, 1.807) is 0 Å². The van der Waals surface area contributed by atoms with Gasteiger partial charge in [0, 0.05) is 4.47 Å². The molecule has 0 spiro atoms. The molecule has 1 atom stereocenters. The molecule has 0 amide bonds. The molecular formula is C22H18BrN. The highest BCUT2D eigenvalue weighted by Crippen LogP contribution is 2.56. The average Bonchev–Trinajstić information content (AvgIpc) is 2.89. The lowest BCUT2D eigenvalue weighted by atomic mass is 9.67. The van der Waals surface area contributed by atoms with Crippen LogP contribution in [0.25, 0.3) is 11.1 Å². The van der Waals surface area contributed by atoms with Crippen LogP contribution in [0.15, 0.2) is 77.3 Å². The molecular weight excluding hydrogens is 358 g/mol. The van der Waals surface area contributed by atoms with Crippen molar-refractivity contribution in [2.45, 2.75) is 19.3 Å². The van der Waals surface area contributed by atoms with E-state index in [0.29, 0.717) is 5.56 Å². The largest absolute Gasteiger partial charge is 0.192 e. The maximum atomic E-state index is 9.38. The zero-order valence-electron chi connectivity index (χ0n) is 13.9. The summed E-state index contributed by atoms with van der Waals surface area (Å²) in [7, 11) is 0. The molecule has 1 nitrogen and oxygen atoms in total. The number of nitrogens with zero attached hydrogens (tertiary/aromatic N) is 1. The van der Waals surface area contributed by atoms with Crippen molar-refractivity contribution in [3.63, 3.8) is 0 Å². The Hall–Kier alpha value is -2.37. The predicted molar refractivity (Wildman–Crippen MR) is 104 cm³/mol. The Labute approximate surface area is 151 Å². The molecule has 0 bridgehead atoms. The molecule has 0 saturated heterocycles. The van der Waals surface area contributed by atoms with Crippen molar-refractivity contribution in [1.29, 1.82) is 5.26 Å². The van der Waals surface area contributed by atoms with Crippen molar-refractivity contribution < 1.29 is 0 Å². The fraction of sp³-hybridized carbons (Fsp3) is 0.136. The SMILES string of the molecule is C=CC(=C)C1(/C(C)=C/C)c2cc(Br)ccc2-c2ccc(C#N)cc21. The average molecular weight is 376 g/mol. The quantitative estimate of drug-likeness (QED) is 0.456. The highest BCUT2D eigenvalue weighted by Gasteiger charge is 2.45. The van der Waals surface area contributed by atoms with Crippen LogP contribution in [0.1, 0.15) is 30.5 Å². The number of allylic oxidation sites excluding steroid dienone is 4. The summed E-state index contributed by atoms with van der Waals surface area (Å²) in [6, 6.07) is 14.5. The number of hydrogen-bond donors (Lipinski definition) is 0. The molecule has 0 aromatic heterocycles. The van der Waals surface area contributed by atoms with Gasteiger partial charge in [-0.1, -0.05) is 58.9 Å². The second-order valence-corrected chi connectivity index (χ2v) is 6.93. The van der Waals surface area contributed by atoms with Gasteiger partial charge in [0.15, 0.2) is 0 Å². The van der Waals surface area contributed by atoms with Gasteiger partial charge in [-0.05, 0) is 65.9 Å². The fourth-order valence-electron chi connectivity index (χ4n) is 3.76. The predicted octanol–water partition coefficient (Wildman–Crippen LogP) is 6.30. The van der Waals surface area contributed by atoms with Crippen molar-refractivity contribution in [3.05, 3.63) is 94.0 Å². The van der Waals surface area contributed by atoms with Crippen molar-refractivity contribution in [2.75, 3.05) is 0 Å². The van der Waals surface area contributed by atoms with Crippen LogP contribution in [0.3, 0.4) is 0 Å². The summed E-state index contributed by atoms with van der Waals surface area (Å²) in [4.78, 5) is 0. The number of rotatable bonds is 3. The third-order valence-corrected chi connectivity index (χ3v) is 5.47. The minimum absolute atomic E-state index is 0.474. The monoisotopic (exact) mass is 375 g/mol. The molecule has 0 aliphatic heterocycles. The fourth-order valence-corrected chi connectivity index (χ4v) is 4.12. The van der Waals surface area contributed by atoms with Gasteiger partial charge in [0.1, 0.15) is 0 Å². The Morgan fingerprint density at radius 1 is 1.17 bits per heavy atom. The van der Waals surface area contributed by atoms with Crippen molar-refractivity contribution in [1.82, 2.24) is 0 Å². The zero-order chi connectivity index (χ0) is 17.5. The van der Waals surface area contributed by atoms with Crippen LogP contribution < -0.4 is 0 Å². The van der Waals surface area contributed by atoms with Crippen LogP contribution in [0.4, 0.5) is 0 Å². The molecule has 1 aliphatic carbocycles. The first-order valence-corrected chi connectivity index (χ1v) is 8.60. The minimum Gasteiger partial charge on any atom is -0.192 e. The maximum absolute atomic E-state index is 9.38. The number of benzene rings is 2. The van der Waals surface area contributed by atoms with E-state index in [4.69, 9.17) is 0 Å². The second-order valence-electron chi connectivity index (χ2n) is 6.01. The van der Waals surface area contributed by atoms with Gasteiger partial charge in [0.05, 0.1) is 17.0 Å². The Morgan fingerprint density at radius 2 is 1.79 bits per heavy atom. The van der Waals surface area contributed by atoms with E-state index in [0.717, 1.165) is 21.2 Å². The van der Waals surface area contributed by atoms with Gasteiger partial charge in [0.2, 0.25) is 0 Å². The molecule has 1 unspecified atom stereocenters. The third-order valence-electron chi connectivity index (χ3n) is 4.98. The summed E-state index contributed by atoms with van der Waals surface area (Å²) >= 11 is 3.60. The first-order valence-electron chi connectivity index (χ1n) is 7.81. The van der Waals surface area contributed by atoms with Crippen LogP contribution >= 0.6 is 15.9 Å². The Bertz CT molecular complexity index is 939. The lowest BCUT2D eigenvalue weighted by molar-refractivity contribution is 0.745. The number of nitriles is 1. The van der Waals surface area contributed by atoms with Gasteiger partial charge in [-0.25, -0.2) is 0 Å². The minimum atomic E-state index is -0.474. The molecule has 0 N–H and O–H groups in total. The van der Waals surface area contributed by atoms with Gasteiger partial charge in [-0.2, -0.15) is 5.26 Å². The molecule has 24 heavy (non-hydrogen) atoms. The molecule has 3 rings (SSSR count). The third kappa shape index (κ3) is 2.05.